The fraction of sp³-hybridized carbons (Fsp3) is 0.105. The Morgan fingerprint density at radius 1 is 1.19 bits per heavy atom. The largest absolute Gasteiger partial charge is 0.504 e. The van der Waals surface area contributed by atoms with Gasteiger partial charge in [-0.15, -0.1) is 0 Å². The number of rotatable bonds is 3. The summed E-state index contributed by atoms with van der Waals surface area (Å²) in [6.45, 7) is 1.84. The maximum atomic E-state index is 12.9. The fourth-order valence-corrected chi connectivity index (χ4v) is 3.28. The highest BCUT2D eigenvalue weighted by molar-refractivity contribution is 14.1. The second-order valence-electron chi connectivity index (χ2n) is 5.85. The van der Waals surface area contributed by atoms with Gasteiger partial charge in [0.15, 0.2) is 11.5 Å². The van der Waals surface area contributed by atoms with E-state index in [1.807, 2.05) is 35.6 Å². The molecule has 0 unspecified atom stereocenters. The molecule has 0 bridgehead atoms. The molecule has 3 rings (SSSR count). The first-order valence-electron chi connectivity index (χ1n) is 7.86. The van der Waals surface area contributed by atoms with Gasteiger partial charge in [-0.25, -0.2) is 9.69 Å². The van der Waals surface area contributed by atoms with E-state index in [0.29, 0.717) is 14.8 Å². The van der Waals surface area contributed by atoms with E-state index >= 15 is 0 Å². The molecule has 8 heteroatoms. The summed E-state index contributed by atoms with van der Waals surface area (Å²) in [6.07, 6.45) is 1.36. The topological polar surface area (TPSA) is 95.9 Å². The molecule has 1 saturated heterocycles. The quantitative estimate of drug-likeness (QED) is 0.402. The lowest BCUT2D eigenvalue weighted by atomic mass is 10.1. The summed E-state index contributed by atoms with van der Waals surface area (Å²) in [4.78, 5) is 38.2. The third kappa shape index (κ3) is 3.65. The zero-order valence-corrected chi connectivity index (χ0v) is 16.6. The van der Waals surface area contributed by atoms with Crippen LogP contribution in [-0.4, -0.2) is 30.1 Å². The van der Waals surface area contributed by atoms with E-state index in [9.17, 15) is 19.5 Å². The molecule has 27 heavy (non-hydrogen) atoms. The first-order chi connectivity index (χ1) is 12.8. The number of nitrogens with one attached hydrogen (secondary N) is 1. The van der Waals surface area contributed by atoms with Gasteiger partial charge in [0.05, 0.1) is 16.4 Å². The van der Waals surface area contributed by atoms with Crippen molar-refractivity contribution in [3.8, 4) is 11.5 Å². The Bertz CT molecular complexity index is 1000. The van der Waals surface area contributed by atoms with Crippen molar-refractivity contribution < 1.29 is 24.2 Å². The van der Waals surface area contributed by atoms with Crippen molar-refractivity contribution in [3.05, 3.63) is 56.7 Å². The van der Waals surface area contributed by atoms with Crippen LogP contribution >= 0.6 is 22.6 Å². The lowest BCUT2D eigenvalue weighted by Crippen LogP contribution is -2.54. The summed E-state index contributed by atoms with van der Waals surface area (Å²) < 4.78 is 5.59. The van der Waals surface area contributed by atoms with E-state index in [4.69, 9.17) is 4.74 Å². The lowest BCUT2D eigenvalue weighted by molar-refractivity contribution is -0.122. The SMILES string of the molecule is COc1cc(C=C2C(=O)NC(=O)N(c3cccc(C)c3)C2=O)cc(I)c1O. The Morgan fingerprint density at radius 3 is 2.59 bits per heavy atom. The smallest absolute Gasteiger partial charge is 0.335 e. The molecule has 1 aliphatic rings. The van der Waals surface area contributed by atoms with Crippen LogP contribution in [0.1, 0.15) is 11.1 Å². The van der Waals surface area contributed by atoms with Crippen LogP contribution in [0.15, 0.2) is 42.0 Å². The van der Waals surface area contributed by atoms with Crippen LogP contribution < -0.4 is 15.0 Å². The predicted molar refractivity (Wildman–Crippen MR) is 108 cm³/mol. The number of ether oxygens (including phenoxy) is 1. The molecule has 0 radical (unpaired) electrons. The number of nitrogens with zero attached hydrogens (tertiary/aromatic N) is 1. The van der Waals surface area contributed by atoms with Crippen molar-refractivity contribution in [1.29, 1.82) is 0 Å². The number of phenolic OH excluding ortho intramolecular Hbond substituents is 1. The number of urea groups is 1. The molecule has 2 N–H and O–H groups in total. The Labute approximate surface area is 168 Å². The number of carbonyl (C=O) groups is 3. The average Bonchev–Trinajstić information content (AvgIpc) is 2.61. The van der Waals surface area contributed by atoms with Crippen molar-refractivity contribution >= 4 is 52.2 Å². The number of hydrogen-bond acceptors (Lipinski definition) is 5. The van der Waals surface area contributed by atoms with Crippen molar-refractivity contribution in [2.24, 2.45) is 0 Å². The number of anilines is 1. The van der Waals surface area contributed by atoms with Crippen LogP contribution in [0, 0.1) is 10.5 Å². The molecule has 2 aromatic rings. The molecule has 1 heterocycles. The molecule has 0 atom stereocenters. The summed E-state index contributed by atoms with van der Waals surface area (Å²) in [5.41, 5.74) is 1.52. The number of methoxy groups -OCH3 is 1. The van der Waals surface area contributed by atoms with Crippen molar-refractivity contribution in [1.82, 2.24) is 5.32 Å². The molecular formula is C19H15IN2O5. The van der Waals surface area contributed by atoms with Gasteiger partial charge in [0.25, 0.3) is 11.8 Å². The third-order valence-corrected chi connectivity index (χ3v) is 4.77. The zero-order valence-electron chi connectivity index (χ0n) is 14.4. The number of halogens is 1. The highest BCUT2D eigenvalue weighted by Crippen LogP contribution is 2.33. The molecule has 1 fully saturated rings. The molecular weight excluding hydrogens is 463 g/mol. The van der Waals surface area contributed by atoms with Crippen molar-refractivity contribution in [2.75, 3.05) is 12.0 Å². The van der Waals surface area contributed by atoms with Gasteiger partial charge in [-0.3, -0.25) is 14.9 Å². The highest BCUT2D eigenvalue weighted by atomic mass is 127. The summed E-state index contributed by atoms with van der Waals surface area (Å²) in [6, 6.07) is 9.14. The van der Waals surface area contributed by atoms with E-state index in [2.05, 4.69) is 5.32 Å². The van der Waals surface area contributed by atoms with E-state index < -0.39 is 17.8 Å². The number of aryl methyl sites for hydroxylation is 1. The number of hydrogen-bond donors (Lipinski definition) is 2. The zero-order chi connectivity index (χ0) is 19.7. The van der Waals surface area contributed by atoms with Gasteiger partial charge in [0.2, 0.25) is 0 Å². The van der Waals surface area contributed by atoms with Crippen LogP contribution in [0.3, 0.4) is 0 Å². The van der Waals surface area contributed by atoms with Crippen LogP contribution in [-0.2, 0) is 9.59 Å². The second kappa shape index (κ2) is 7.39. The molecule has 1 aliphatic heterocycles. The molecule has 4 amide bonds. The second-order valence-corrected chi connectivity index (χ2v) is 7.01. The van der Waals surface area contributed by atoms with Crippen LogP contribution in [0.2, 0.25) is 0 Å². The highest BCUT2D eigenvalue weighted by Gasteiger charge is 2.36. The van der Waals surface area contributed by atoms with Gasteiger partial charge in [0.1, 0.15) is 5.57 Å². The van der Waals surface area contributed by atoms with Crippen LogP contribution in [0.5, 0.6) is 11.5 Å². The van der Waals surface area contributed by atoms with Crippen molar-refractivity contribution in [3.63, 3.8) is 0 Å². The van der Waals surface area contributed by atoms with Gasteiger partial charge in [0, 0.05) is 0 Å². The van der Waals surface area contributed by atoms with Crippen molar-refractivity contribution in [2.45, 2.75) is 6.92 Å². The average molecular weight is 478 g/mol. The number of barbiturate groups is 1. The van der Waals surface area contributed by atoms with Gasteiger partial charge in [-0.1, -0.05) is 12.1 Å². The fourth-order valence-electron chi connectivity index (χ4n) is 2.66. The van der Waals surface area contributed by atoms with E-state index in [1.54, 1.807) is 24.3 Å². The van der Waals surface area contributed by atoms with Crippen LogP contribution in [0.4, 0.5) is 10.5 Å². The molecule has 2 aromatic carbocycles. The maximum Gasteiger partial charge on any atom is 0.335 e. The number of aromatic hydroxyl groups is 1. The normalized spacial score (nSPS) is 15.9. The standard InChI is InChI=1S/C19H15IN2O5/c1-10-4-3-5-12(6-10)22-18(25)13(17(24)21-19(22)26)7-11-8-14(20)16(23)15(9-11)27-2/h3-9,23H,1-2H3,(H,21,24,26). The number of carbonyl (C=O) groups excluding carboxylic acids is 3. The van der Waals surface area contributed by atoms with E-state index in [1.165, 1.54) is 19.3 Å². The first kappa shape index (κ1) is 18.9. The summed E-state index contributed by atoms with van der Waals surface area (Å²) in [5.74, 6) is -1.33. The molecule has 0 spiro atoms. The van der Waals surface area contributed by atoms with Gasteiger partial charge < -0.3 is 9.84 Å². The molecule has 7 nitrogen and oxygen atoms in total. The van der Waals surface area contributed by atoms with Gasteiger partial charge in [-0.05, 0) is 71.0 Å². The summed E-state index contributed by atoms with van der Waals surface area (Å²) in [7, 11) is 1.40. The minimum atomic E-state index is -0.800. The van der Waals surface area contributed by atoms with E-state index in [-0.39, 0.29) is 17.1 Å². The number of amides is 4. The number of imide groups is 2. The molecule has 0 aromatic heterocycles. The molecule has 0 aliphatic carbocycles. The molecule has 0 saturated carbocycles. The Balaban J connectivity index is 2.06. The number of phenols is 1. The maximum absolute atomic E-state index is 12.9. The minimum absolute atomic E-state index is 0.0313. The van der Waals surface area contributed by atoms with E-state index in [0.717, 1.165) is 10.5 Å². The van der Waals surface area contributed by atoms with Gasteiger partial charge >= 0.3 is 6.03 Å². The number of benzene rings is 2. The Hall–Kier alpha value is -2.88. The van der Waals surface area contributed by atoms with Gasteiger partial charge in [-0.2, -0.15) is 0 Å². The third-order valence-electron chi connectivity index (χ3n) is 3.94. The van der Waals surface area contributed by atoms with Crippen LogP contribution in [0.25, 0.3) is 6.08 Å². The Kier molecular flexibility index (Phi) is 5.17. The monoisotopic (exact) mass is 478 g/mol. The minimum Gasteiger partial charge on any atom is -0.504 e. The molecule has 138 valence electrons. The summed E-state index contributed by atoms with van der Waals surface area (Å²) >= 11 is 1.91. The lowest BCUT2D eigenvalue weighted by Gasteiger charge is -2.26. The first-order valence-corrected chi connectivity index (χ1v) is 8.94. The summed E-state index contributed by atoms with van der Waals surface area (Å²) in [5, 5.41) is 12.1. The Morgan fingerprint density at radius 2 is 1.93 bits per heavy atom. The predicted octanol–water partition coefficient (Wildman–Crippen LogP) is 2.98.